The lowest BCUT2D eigenvalue weighted by Crippen LogP contribution is -2.55. The molecule has 1 aliphatic carbocycles. The Hall–Kier alpha value is -2.35. The Labute approximate surface area is 161 Å². The Morgan fingerprint density at radius 1 is 1.30 bits per heavy atom. The van der Waals surface area contributed by atoms with E-state index in [0.717, 1.165) is 31.2 Å². The summed E-state index contributed by atoms with van der Waals surface area (Å²) in [6.07, 6.45) is 3.88. The molecule has 0 amide bonds. The summed E-state index contributed by atoms with van der Waals surface area (Å²) in [5.41, 5.74) is 4.98. The van der Waals surface area contributed by atoms with Crippen LogP contribution < -0.4 is 5.43 Å². The minimum absolute atomic E-state index is 0.0664. The van der Waals surface area contributed by atoms with Crippen LogP contribution in [0.5, 0.6) is 0 Å². The monoisotopic (exact) mass is 386 g/mol. The van der Waals surface area contributed by atoms with E-state index < -0.39 is 5.97 Å². The molecule has 142 valence electrons. The molecule has 2 aliphatic rings. The maximum Gasteiger partial charge on any atom is 0.361 e. The molecule has 2 heterocycles. The molecular weight excluding hydrogens is 364 g/mol. The lowest BCUT2D eigenvalue weighted by molar-refractivity contribution is 0.0514. The van der Waals surface area contributed by atoms with Crippen molar-refractivity contribution < 1.29 is 14.3 Å². The molecule has 1 saturated carbocycles. The van der Waals surface area contributed by atoms with Crippen molar-refractivity contribution in [3.63, 3.8) is 0 Å². The quantitative estimate of drug-likeness (QED) is 0.638. The van der Waals surface area contributed by atoms with Crippen molar-refractivity contribution >= 4 is 23.5 Å². The number of esters is 1. The van der Waals surface area contributed by atoms with Crippen LogP contribution in [0.15, 0.2) is 29.3 Å². The largest absolute Gasteiger partial charge is 0.461 e. The minimum Gasteiger partial charge on any atom is -0.461 e. The average molecular weight is 386 g/mol. The Kier molecular flexibility index (Phi) is 4.67. The summed E-state index contributed by atoms with van der Waals surface area (Å²) in [6, 6.07) is 7.64. The second-order valence-corrected chi connectivity index (χ2v) is 8.17. The van der Waals surface area contributed by atoms with Gasteiger partial charge in [0.1, 0.15) is 0 Å². The second-order valence-electron chi connectivity index (χ2n) is 7.08. The molecule has 0 saturated heterocycles. The van der Waals surface area contributed by atoms with Crippen LogP contribution >= 0.6 is 11.8 Å². The molecule has 1 aromatic heterocycles. The van der Waals surface area contributed by atoms with Crippen molar-refractivity contribution in [2.24, 2.45) is 0 Å². The van der Waals surface area contributed by atoms with Crippen molar-refractivity contribution in [1.29, 1.82) is 0 Å². The first-order valence-electron chi connectivity index (χ1n) is 9.22. The minimum atomic E-state index is -0.517. The molecule has 1 atom stereocenters. The molecule has 0 unspecified atom stereocenters. The number of benzene rings is 1. The van der Waals surface area contributed by atoms with Crippen LogP contribution in [0.2, 0.25) is 0 Å². The standard InChI is InChI=1S/C19H22N4O3S/c1-3-26-18(25)14-17-23(22-20-14)21-19(10-4-5-11-19)16(27-17)15(24)13-8-6-12(2)7-9-13/h6-9,16,21H,3-5,10-11H2,1-2H3/t16-/m1/s1. The molecule has 2 aromatic rings. The number of thioether (sulfide) groups is 1. The van der Waals surface area contributed by atoms with Gasteiger partial charge in [0, 0.05) is 5.56 Å². The summed E-state index contributed by atoms with van der Waals surface area (Å²) >= 11 is 1.37. The average Bonchev–Trinajstić information content (AvgIpc) is 3.29. The van der Waals surface area contributed by atoms with E-state index in [-0.39, 0.29) is 28.9 Å². The van der Waals surface area contributed by atoms with Gasteiger partial charge in [-0.2, -0.15) is 4.79 Å². The molecule has 1 aliphatic heterocycles. The van der Waals surface area contributed by atoms with Gasteiger partial charge in [0.05, 0.1) is 17.4 Å². The summed E-state index contributed by atoms with van der Waals surface area (Å²) in [5.74, 6) is -0.450. The zero-order valence-electron chi connectivity index (χ0n) is 15.4. The number of aryl methyl sites for hydroxylation is 1. The predicted molar refractivity (Wildman–Crippen MR) is 102 cm³/mol. The Bertz CT molecular complexity index is 872. The Morgan fingerprint density at radius 3 is 2.67 bits per heavy atom. The molecule has 8 heteroatoms. The highest BCUT2D eigenvalue weighted by Gasteiger charge is 2.50. The third-order valence-corrected chi connectivity index (χ3v) is 6.72. The molecule has 1 N–H and O–H groups in total. The highest BCUT2D eigenvalue weighted by Crippen LogP contribution is 2.46. The van der Waals surface area contributed by atoms with Crippen molar-refractivity contribution in [3.05, 3.63) is 41.1 Å². The van der Waals surface area contributed by atoms with E-state index in [1.54, 1.807) is 11.7 Å². The molecule has 1 spiro atoms. The van der Waals surface area contributed by atoms with Gasteiger partial charge in [0.15, 0.2) is 10.8 Å². The summed E-state index contributed by atoms with van der Waals surface area (Å²) in [4.78, 5) is 27.1. The number of nitrogens with one attached hydrogen (secondary N) is 1. The zero-order valence-corrected chi connectivity index (χ0v) is 16.2. The van der Waals surface area contributed by atoms with Gasteiger partial charge in [-0.1, -0.05) is 54.4 Å². The van der Waals surface area contributed by atoms with Crippen molar-refractivity contribution in [2.75, 3.05) is 12.0 Å². The topological polar surface area (TPSA) is 86.1 Å². The third kappa shape index (κ3) is 3.12. The van der Waals surface area contributed by atoms with Crippen LogP contribution in [0, 0.1) is 6.92 Å². The van der Waals surface area contributed by atoms with E-state index in [1.807, 2.05) is 31.2 Å². The fraction of sp³-hybridized carbons (Fsp3) is 0.474. The SMILES string of the molecule is CCOC(=O)c1nnn2c1S[C@H](C(=O)c1ccc(C)cc1)C1(CCCC1)N2. The van der Waals surface area contributed by atoms with Gasteiger partial charge >= 0.3 is 5.97 Å². The summed E-state index contributed by atoms with van der Waals surface area (Å²) in [6.45, 7) is 4.01. The van der Waals surface area contributed by atoms with Crippen LogP contribution in [0.3, 0.4) is 0 Å². The highest BCUT2D eigenvalue weighted by molar-refractivity contribution is 8.00. The first-order valence-corrected chi connectivity index (χ1v) is 10.1. The zero-order chi connectivity index (χ0) is 19.0. The van der Waals surface area contributed by atoms with Gasteiger partial charge in [0.2, 0.25) is 5.69 Å². The molecule has 7 nitrogen and oxygen atoms in total. The van der Waals surface area contributed by atoms with Crippen molar-refractivity contribution in [2.45, 2.75) is 55.3 Å². The van der Waals surface area contributed by atoms with Crippen molar-refractivity contribution in [1.82, 2.24) is 15.1 Å². The molecule has 0 bridgehead atoms. The van der Waals surface area contributed by atoms with E-state index in [2.05, 4.69) is 15.7 Å². The molecule has 27 heavy (non-hydrogen) atoms. The number of rotatable bonds is 4. The summed E-state index contributed by atoms with van der Waals surface area (Å²) in [5, 5.41) is 8.27. The molecule has 1 aromatic carbocycles. The van der Waals surface area contributed by atoms with E-state index in [9.17, 15) is 9.59 Å². The number of Topliss-reactive ketones (excluding diaryl/α,β-unsaturated/α-hetero) is 1. The number of ketones is 1. The normalized spacial score (nSPS) is 20.1. The summed E-state index contributed by atoms with van der Waals surface area (Å²) in [7, 11) is 0. The van der Waals surface area contributed by atoms with Crippen LogP contribution in [0.25, 0.3) is 0 Å². The van der Waals surface area contributed by atoms with Crippen LogP contribution in [0.4, 0.5) is 0 Å². The number of nitrogens with zero attached hydrogens (tertiary/aromatic N) is 3. The van der Waals surface area contributed by atoms with E-state index >= 15 is 0 Å². The van der Waals surface area contributed by atoms with E-state index in [0.29, 0.717) is 10.6 Å². The number of carbonyl (C=O) groups is 2. The lowest BCUT2D eigenvalue weighted by atomic mass is 9.88. The Morgan fingerprint density at radius 2 is 2.00 bits per heavy atom. The van der Waals surface area contributed by atoms with Gasteiger partial charge in [0.25, 0.3) is 0 Å². The molecular formula is C19H22N4O3S. The molecule has 1 fully saturated rings. The maximum absolute atomic E-state index is 13.4. The van der Waals surface area contributed by atoms with Gasteiger partial charge in [-0.15, -0.1) is 5.10 Å². The first-order chi connectivity index (χ1) is 13.0. The number of hydrogen-bond donors (Lipinski definition) is 1. The van der Waals surface area contributed by atoms with E-state index in [4.69, 9.17) is 4.74 Å². The fourth-order valence-corrected chi connectivity index (χ4v) is 5.23. The van der Waals surface area contributed by atoms with Gasteiger partial charge in [-0.25, -0.2) is 4.79 Å². The fourth-order valence-electron chi connectivity index (χ4n) is 3.83. The van der Waals surface area contributed by atoms with Crippen LogP contribution in [0.1, 0.15) is 59.0 Å². The number of hydrogen-bond acceptors (Lipinski definition) is 7. The smallest absolute Gasteiger partial charge is 0.361 e. The highest BCUT2D eigenvalue weighted by atomic mass is 32.2. The molecule has 0 radical (unpaired) electrons. The maximum atomic E-state index is 13.4. The second kappa shape index (κ2) is 6.99. The predicted octanol–water partition coefficient (Wildman–Crippen LogP) is 2.98. The van der Waals surface area contributed by atoms with Crippen LogP contribution in [-0.2, 0) is 4.74 Å². The number of aromatic nitrogens is 3. The van der Waals surface area contributed by atoms with Crippen molar-refractivity contribution in [3.8, 4) is 0 Å². The number of ether oxygens (including phenoxy) is 1. The van der Waals surface area contributed by atoms with Gasteiger partial charge < -0.3 is 4.74 Å². The third-order valence-electron chi connectivity index (χ3n) is 5.23. The molecule has 4 rings (SSSR count). The van der Waals surface area contributed by atoms with Crippen LogP contribution in [-0.4, -0.2) is 44.3 Å². The number of carbonyl (C=O) groups excluding carboxylic acids is 2. The summed E-state index contributed by atoms with van der Waals surface area (Å²) < 4.78 is 5.08. The van der Waals surface area contributed by atoms with Gasteiger partial charge in [-0.05, 0) is 31.9 Å². The number of fused-ring (bicyclic) bond motifs is 1. The lowest BCUT2D eigenvalue weighted by Gasteiger charge is -2.41. The Balaban J connectivity index is 1.71. The van der Waals surface area contributed by atoms with Gasteiger partial charge in [-0.3, -0.25) is 10.2 Å². The van der Waals surface area contributed by atoms with E-state index in [1.165, 1.54) is 11.8 Å². The first kappa shape index (κ1) is 18.0.